The van der Waals surface area contributed by atoms with Gasteiger partial charge in [-0.1, -0.05) is 48.5 Å². The third-order valence-electron chi connectivity index (χ3n) is 4.53. The minimum Gasteiger partial charge on any atom is -0.477 e. The molecule has 4 rings (SSSR count). The molecule has 118 valence electrons. The number of hydrogen-bond donors (Lipinski definition) is 1. The molecule has 0 bridgehead atoms. The quantitative estimate of drug-likeness (QED) is 0.587. The number of aryl methyl sites for hydroxylation is 1. The van der Waals surface area contributed by atoms with E-state index in [1.54, 1.807) is 6.07 Å². The van der Waals surface area contributed by atoms with Gasteiger partial charge in [0.2, 0.25) is 0 Å². The number of carboxylic acid groups (broad SMARTS) is 1. The summed E-state index contributed by atoms with van der Waals surface area (Å²) < 4.78 is 1.87. The minimum absolute atomic E-state index is 0.320. The van der Waals surface area contributed by atoms with Crippen LogP contribution in [0.2, 0.25) is 0 Å². The molecule has 0 saturated carbocycles. The van der Waals surface area contributed by atoms with E-state index in [2.05, 4.69) is 43.3 Å². The molecule has 0 aliphatic rings. The summed E-state index contributed by atoms with van der Waals surface area (Å²) in [6.45, 7) is 2.64. The van der Waals surface area contributed by atoms with Crippen molar-refractivity contribution in [2.45, 2.75) is 13.5 Å². The Morgan fingerprint density at radius 2 is 1.75 bits per heavy atom. The number of aromatic carboxylic acids is 1. The first-order valence-corrected chi connectivity index (χ1v) is 7.93. The van der Waals surface area contributed by atoms with Crippen LogP contribution in [0, 0.1) is 6.92 Å². The maximum absolute atomic E-state index is 11.6. The van der Waals surface area contributed by atoms with Gasteiger partial charge in [0.1, 0.15) is 5.69 Å². The number of hydrogen-bond acceptors (Lipinski definition) is 1. The van der Waals surface area contributed by atoms with Gasteiger partial charge >= 0.3 is 5.97 Å². The average molecular weight is 315 g/mol. The van der Waals surface area contributed by atoms with Gasteiger partial charge in [-0.3, -0.25) is 0 Å². The third kappa shape index (κ3) is 2.35. The van der Waals surface area contributed by atoms with Crippen molar-refractivity contribution in [3.63, 3.8) is 0 Å². The van der Waals surface area contributed by atoms with Crippen molar-refractivity contribution in [2.24, 2.45) is 0 Å². The van der Waals surface area contributed by atoms with Crippen molar-refractivity contribution in [2.75, 3.05) is 0 Å². The predicted molar refractivity (Wildman–Crippen MR) is 96.7 cm³/mol. The van der Waals surface area contributed by atoms with E-state index in [0.29, 0.717) is 12.2 Å². The van der Waals surface area contributed by atoms with Gasteiger partial charge < -0.3 is 9.67 Å². The molecule has 3 heteroatoms. The van der Waals surface area contributed by atoms with Crippen molar-refractivity contribution < 1.29 is 9.90 Å². The molecule has 0 aliphatic carbocycles. The van der Waals surface area contributed by atoms with Crippen molar-refractivity contribution in [1.29, 1.82) is 0 Å². The monoisotopic (exact) mass is 315 g/mol. The van der Waals surface area contributed by atoms with E-state index < -0.39 is 5.97 Å². The first-order chi connectivity index (χ1) is 11.6. The lowest BCUT2D eigenvalue weighted by molar-refractivity contribution is 0.0686. The molecule has 1 N–H and O–H groups in total. The number of rotatable bonds is 3. The topological polar surface area (TPSA) is 42.2 Å². The van der Waals surface area contributed by atoms with Gasteiger partial charge in [-0.25, -0.2) is 4.79 Å². The second-order valence-corrected chi connectivity index (χ2v) is 6.11. The van der Waals surface area contributed by atoms with Crippen LogP contribution in [-0.4, -0.2) is 15.6 Å². The SMILES string of the molecule is Cc1cccc2ccc(Cn3c(C(=O)O)cc4ccccc43)cc12. The first kappa shape index (κ1) is 14.5. The molecule has 0 atom stereocenters. The predicted octanol–water partition coefficient (Wildman–Crippen LogP) is 4.85. The maximum Gasteiger partial charge on any atom is 0.352 e. The molecule has 0 saturated heterocycles. The van der Waals surface area contributed by atoms with Gasteiger partial charge in [-0.05, 0) is 47.0 Å². The van der Waals surface area contributed by atoms with Crippen LogP contribution >= 0.6 is 0 Å². The highest BCUT2D eigenvalue weighted by molar-refractivity contribution is 5.94. The number of carboxylic acids is 1. The third-order valence-corrected chi connectivity index (χ3v) is 4.53. The number of fused-ring (bicyclic) bond motifs is 2. The van der Waals surface area contributed by atoms with E-state index >= 15 is 0 Å². The van der Waals surface area contributed by atoms with E-state index in [4.69, 9.17) is 0 Å². The Balaban J connectivity index is 1.86. The van der Waals surface area contributed by atoms with Crippen LogP contribution in [0.25, 0.3) is 21.7 Å². The lowest BCUT2D eigenvalue weighted by atomic mass is 10.0. The van der Waals surface area contributed by atoms with Crippen molar-refractivity contribution >= 4 is 27.6 Å². The van der Waals surface area contributed by atoms with E-state index in [-0.39, 0.29) is 0 Å². The normalized spacial score (nSPS) is 11.2. The van der Waals surface area contributed by atoms with Gasteiger partial charge in [-0.15, -0.1) is 0 Å². The zero-order valence-corrected chi connectivity index (χ0v) is 13.4. The van der Waals surface area contributed by atoms with Crippen LogP contribution in [-0.2, 0) is 6.54 Å². The summed E-state index contributed by atoms with van der Waals surface area (Å²) in [4.78, 5) is 11.6. The number of aromatic nitrogens is 1. The molecule has 1 aromatic heterocycles. The molecule has 24 heavy (non-hydrogen) atoms. The van der Waals surface area contributed by atoms with Crippen LogP contribution in [0.15, 0.2) is 66.7 Å². The largest absolute Gasteiger partial charge is 0.477 e. The second kappa shape index (κ2) is 5.53. The fraction of sp³-hybridized carbons (Fsp3) is 0.0952. The summed E-state index contributed by atoms with van der Waals surface area (Å²) in [5, 5.41) is 12.9. The van der Waals surface area contributed by atoms with Gasteiger partial charge in [0.25, 0.3) is 0 Å². The van der Waals surface area contributed by atoms with E-state index in [1.165, 1.54) is 16.3 Å². The summed E-state index contributed by atoms with van der Waals surface area (Å²) >= 11 is 0. The molecule has 0 amide bonds. The number of nitrogens with zero attached hydrogens (tertiary/aromatic N) is 1. The van der Waals surface area contributed by atoms with Gasteiger partial charge in [0, 0.05) is 17.4 Å². The molecule has 0 spiro atoms. The minimum atomic E-state index is -0.900. The molecule has 0 unspecified atom stereocenters. The Bertz CT molecular complexity index is 1080. The lowest BCUT2D eigenvalue weighted by Gasteiger charge is -2.10. The molecule has 0 fully saturated rings. The van der Waals surface area contributed by atoms with Crippen molar-refractivity contribution in [3.8, 4) is 0 Å². The zero-order chi connectivity index (χ0) is 16.7. The molecule has 3 aromatic carbocycles. The van der Waals surface area contributed by atoms with Crippen LogP contribution in [0.4, 0.5) is 0 Å². The van der Waals surface area contributed by atoms with Crippen molar-refractivity contribution in [3.05, 3.63) is 83.6 Å². The number of carbonyl (C=O) groups is 1. The highest BCUT2D eigenvalue weighted by Crippen LogP contribution is 2.24. The Kier molecular flexibility index (Phi) is 3.35. The Morgan fingerprint density at radius 3 is 2.58 bits per heavy atom. The number of benzene rings is 3. The van der Waals surface area contributed by atoms with E-state index in [0.717, 1.165) is 16.5 Å². The van der Waals surface area contributed by atoms with E-state index in [1.807, 2.05) is 28.8 Å². The highest BCUT2D eigenvalue weighted by Gasteiger charge is 2.14. The molecular formula is C21H17NO2. The molecule has 1 heterocycles. The lowest BCUT2D eigenvalue weighted by Crippen LogP contribution is -2.09. The average Bonchev–Trinajstić information content (AvgIpc) is 2.95. The summed E-state index contributed by atoms with van der Waals surface area (Å²) in [5.41, 5.74) is 3.59. The summed E-state index contributed by atoms with van der Waals surface area (Å²) in [7, 11) is 0. The Hall–Kier alpha value is -3.07. The zero-order valence-electron chi connectivity index (χ0n) is 13.4. The smallest absolute Gasteiger partial charge is 0.352 e. The fourth-order valence-corrected chi connectivity index (χ4v) is 3.32. The van der Waals surface area contributed by atoms with E-state index in [9.17, 15) is 9.90 Å². The standard InChI is InChI=1S/C21H17NO2/c1-14-5-4-7-16-10-9-15(11-18(14)16)13-22-19-8-3-2-6-17(19)12-20(22)21(23)24/h2-12H,13H2,1H3,(H,23,24). The number of para-hydroxylation sites is 1. The molecule has 4 aromatic rings. The fourth-order valence-electron chi connectivity index (χ4n) is 3.32. The van der Waals surface area contributed by atoms with Gasteiger partial charge in [0.15, 0.2) is 0 Å². The Morgan fingerprint density at radius 1 is 0.958 bits per heavy atom. The summed E-state index contributed by atoms with van der Waals surface area (Å²) in [5.74, 6) is -0.900. The molecule has 0 aliphatic heterocycles. The molecule has 0 radical (unpaired) electrons. The Labute approximate surface area is 139 Å². The molecule has 3 nitrogen and oxygen atoms in total. The van der Waals surface area contributed by atoms with Crippen LogP contribution in [0.3, 0.4) is 0 Å². The second-order valence-electron chi connectivity index (χ2n) is 6.11. The van der Waals surface area contributed by atoms with Crippen molar-refractivity contribution in [1.82, 2.24) is 4.57 Å². The van der Waals surface area contributed by atoms with Crippen LogP contribution in [0.5, 0.6) is 0 Å². The van der Waals surface area contributed by atoms with Gasteiger partial charge in [-0.2, -0.15) is 0 Å². The summed E-state index contributed by atoms with van der Waals surface area (Å²) in [6.07, 6.45) is 0. The highest BCUT2D eigenvalue weighted by atomic mass is 16.4. The first-order valence-electron chi connectivity index (χ1n) is 7.93. The molecular weight excluding hydrogens is 298 g/mol. The van der Waals surface area contributed by atoms with Crippen LogP contribution in [0.1, 0.15) is 21.6 Å². The summed E-state index contributed by atoms with van der Waals surface area (Å²) in [6, 6.07) is 22.1. The van der Waals surface area contributed by atoms with Crippen LogP contribution < -0.4 is 0 Å². The van der Waals surface area contributed by atoms with Gasteiger partial charge in [0.05, 0.1) is 0 Å². The maximum atomic E-state index is 11.6.